The smallest absolute Gasteiger partial charge is 0.230 e. The van der Waals surface area contributed by atoms with Gasteiger partial charge in [0, 0.05) is 16.7 Å². The Balaban J connectivity index is 1.96. The lowest BCUT2D eigenvalue weighted by molar-refractivity contribution is -0.123. The number of hydrogen-bond donors (Lipinski definition) is 2. The van der Waals surface area contributed by atoms with Gasteiger partial charge in [0.25, 0.3) is 0 Å². The van der Waals surface area contributed by atoms with Gasteiger partial charge in [0.15, 0.2) is 5.78 Å². The summed E-state index contributed by atoms with van der Waals surface area (Å²) in [6.07, 6.45) is 1.20. The van der Waals surface area contributed by atoms with Crippen LogP contribution in [0, 0.1) is 11.2 Å². The molecule has 138 valence electrons. The number of rotatable bonds is 3. The molecule has 0 radical (unpaired) electrons. The SMILES string of the molecule is CC(C)(C)C(=O)Nc1ccc(F)c(C(=O)c2ccc3ncc(O)nc3c2)c1. The van der Waals surface area contributed by atoms with E-state index in [1.165, 1.54) is 30.5 Å². The van der Waals surface area contributed by atoms with Crippen LogP contribution < -0.4 is 5.32 Å². The number of amides is 1. The van der Waals surface area contributed by atoms with E-state index in [0.717, 1.165) is 6.07 Å². The maximum absolute atomic E-state index is 14.3. The fourth-order valence-electron chi connectivity index (χ4n) is 2.39. The summed E-state index contributed by atoms with van der Waals surface area (Å²) >= 11 is 0. The van der Waals surface area contributed by atoms with Gasteiger partial charge in [-0.25, -0.2) is 14.4 Å². The highest BCUT2D eigenvalue weighted by Gasteiger charge is 2.22. The molecule has 0 saturated carbocycles. The fraction of sp³-hybridized carbons (Fsp3) is 0.200. The summed E-state index contributed by atoms with van der Waals surface area (Å²) in [6.45, 7) is 5.26. The van der Waals surface area contributed by atoms with Crippen LogP contribution in [-0.2, 0) is 4.79 Å². The number of nitrogens with one attached hydrogen (secondary N) is 1. The van der Waals surface area contributed by atoms with E-state index in [4.69, 9.17) is 0 Å². The number of aromatic hydroxyl groups is 1. The van der Waals surface area contributed by atoms with E-state index in [1.54, 1.807) is 26.8 Å². The predicted octanol–water partition coefficient (Wildman–Crippen LogP) is 3.69. The Labute approximate surface area is 155 Å². The average Bonchev–Trinajstić information content (AvgIpc) is 2.61. The summed E-state index contributed by atoms with van der Waals surface area (Å²) in [7, 11) is 0. The standard InChI is InChI=1S/C20H18FN3O3/c1-20(2,3)19(27)23-12-5-6-14(21)13(9-12)18(26)11-4-7-15-16(8-11)24-17(25)10-22-15/h4-10H,1-3H3,(H,23,27)(H,24,25). The minimum atomic E-state index is -0.698. The maximum Gasteiger partial charge on any atom is 0.230 e. The van der Waals surface area contributed by atoms with Gasteiger partial charge in [-0.2, -0.15) is 0 Å². The first-order valence-corrected chi connectivity index (χ1v) is 8.26. The number of fused-ring (bicyclic) bond motifs is 1. The first-order valence-electron chi connectivity index (χ1n) is 8.26. The highest BCUT2D eigenvalue weighted by atomic mass is 19.1. The van der Waals surface area contributed by atoms with Gasteiger partial charge in [0.1, 0.15) is 5.82 Å². The number of nitrogens with zero attached hydrogens (tertiary/aromatic N) is 2. The van der Waals surface area contributed by atoms with Crippen molar-refractivity contribution in [3.63, 3.8) is 0 Å². The molecule has 0 aliphatic heterocycles. The summed E-state index contributed by atoms with van der Waals surface area (Å²) in [5.74, 6) is -1.78. The molecule has 6 nitrogen and oxygen atoms in total. The molecule has 1 amide bonds. The third kappa shape index (κ3) is 3.92. The molecule has 0 aliphatic carbocycles. The van der Waals surface area contributed by atoms with Crippen LogP contribution in [0.3, 0.4) is 0 Å². The molecule has 2 aromatic carbocycles. The Hall–Kier alpha value is -3.35. The number of benzene rings is 2. The van der Waals surface area contributed by atoms with Crippen molar-refractivity contribution in [2.75, 3.05) is 5.32 Å². The summed E-state index contributed by atoms with van der Waals surface area (Å²) < 4.78 is 14.3. The van der Waals surface area contributed by atoms with Crippen LogP contribution in [0.25, 0.3) is 11.0 Å². The van der Waals surface area contributed by atoms with E-state index in [1.807, 2.05) is 0 Å². The van der Waals surface area contributed by atoms with E-state index in [9.17, 15) is 19.1 Å². The summed E-state index contributed by atoms with van der Waals surface area (Å²) in [5, 5.41) is 12.1. The second-order valence-corrected chi connectivity index (χ2v) is 7.16. The molecule has 1 aromatic heterocycles. The number of anilines is 1. The fourth-order valence-corrected chi connectivity index (χ4v) is 2.39. The van der Waals surface area contributed by atoms with E-state index in [-0.39, 0.29) is 22.9 Å². The molecule has 7 heteroatoms. The molecule has 3 aromatic rings. The van der Waals surface area contributed by atoms with Crippen molar-refractivity contribution >= 4 is 28.4 Å². The van der Waals surface area contributed by atoms with E-state index < -0.39 is 17.0 Å². The zero-order chi connectivity index (χ0) is 19.8. The maximum atomic E-state index is 14.3. The van der Waals surface area contributed by atoms with Gasteiger partial charge in [0.05, 0.1) is 22.8 Å². The van der Waals surface area contributed by atoms with Gasteiger partial charge in [0.2, 0.25) is 11.8 Å². The van der Waals surface area contributed by atoms with E-state index in [0.29, 0.717) is 16.7 Å². The zero-order valence-electron chi connectivity index (χ0n) is 15.1. The van der Waals surface area contributed by atoms with Crippen molar-refractivity contribution in [3.05, 3.63) is 59.5 Å². The lowest BCUT2D eigenvalue weighted by Gasteiger charge is -2.18. The number of carbonyl (C=O) groups excluding carboxylic acids is 2. The molecule has 3 rings (SSSR count). The van der Waals surface area contributed by atoms with Crippen LogP contribution in [0.5, 0.6) is 5.88 Å². The molecule has 0 spiro atoms. The van der Waals surface area contributed by atoms with Crippen molar-refractivity contribution in [3.8, 4) is 5.88 Å². The number of carbonyl (C=O) groups is 2. The first kappa shape index (κ1) is 18.4. The van der Waals surface area contributed by atoms with Crippen molar-refractivity contribution in [1.29, 1.82) is 0 Å². The third-order valence-corrected chi connectivity index (χ3v) is 3.94. The molecule has 2 N–H and O–H groups in total. The van der Waals surface area contributed by atoms with Crippen LogP contribution in [0.4, 0.5) is 10.1 Å². The van der Waals surface area contributed by atoms with Gasteiger partial charge in [-0.05, 0) is 36.4 Å². The Kier molecular flexibility index (Phi) is 4.61. The first-order chi connectivity index (χ1) is 12.6. The molecule has 0 unspecified atom stereocenters. The number of hydrogen-bond acceptors (Lipinski definition) is 5. The summed E-state index contributed by atoms with van der Waals surface area (Å²) in [5.41, 5.74) is 0.541. The number of aromatic nitrogens is 2. The topological polar surface area (TPSA) is 92.2 Å². The van der Waals surface area contributed by atoms with Gasteiger partial charge in [-0.1, -0.05) is 20.8 Å². The number of ketones is 1. The van der Waals surface area contributed by atoms with Crippen molar-refractivity contribution < 1.29 is 19.1 Å². The quantitative estimate of drug-likeness (QED) is 0.689. The second kappa shape index (κ2) is 6.75. The molecular weight excluding hydrogens is 349 g/mol. The van der Waals surface area contributed by atoms with Crippen LogP contribution >= 0.6 is 0 Å². The minimum absolute atomic E-state index is 0.172. The Morgan fingerprint density at radius 2 is 1.81 bits per heavy atom. The Bertz CT molecular complexity index is 1060. The molecule has 0 bridgehead atoms. The molecule has 1 heterocycles. The lowest BCUT2D eigenvalue weighted by atomic mass is 9.95. The van der Waals surface area contributed by atoms with Crippen molar-refractivity contribution in [2.45, 2.75) is 20.8 Å². The van der Waals surface area contributed by atoms with Gasteiger partial charge in [-0.15, -0.1) is 0 Å². The molecule has 0 atom stereocenters. The van der Waals surface area contributed by atoms with Crippen LogP contribution in [-0.4, -0.2) is 26.8 Å². The summed E-state index contributed by atoms with van der Waals surface area (Å²) in [4.78, 5) is 32.8. The van der Waals surface area contributed by atoms with E-state index >= 15 is 0 Å². The van der Waals surface area contributed by atoms with Crippen LogP contribution in [0.1, 0.15) is 36.7 Å². The Morgan fingerprint density at radius 1 is 1.07 bits per heavy atom. The molecular formula is C20H18FN3O3. The zero-order valence-corrected chi connectivity index (χ0v) is 15.1. The second-order valence-electron chi connectivity index (χ2n) is 7.16. The highest BCUT2D eigenvalue weighted by molar-refractivity contribution is 6.11. The molecule has 0 fully saturated rings. The van der Waals surface area contributed by atoms with Gasteiger partial charge < -0.3 is 10.4 Å². The number of halogens is 1. The Morgan fingerprint density at radius 3 is 2.52 bits per heavy atom. The average molecular weight is 367 g/mol. The third-order valence-electron chi connectivity index (χ3n) is 3.94. The van der Waals surface area contributed by atoms with Gasteiger partial charge in [-0.3, -0.25) is 9.59 Å². The van der Waals surface area contributed by atoms with Crippen molar-refractivity contribution in [1.82, 2.24) is 9.97 Å². The molecule has 27 heavy (non-hydrogen) atoms. The molecule has 0 saturated heterocycles. The van der Waals surface area contributed by atoms with Crippen LogP contribution in [0.15, 0.2) is 42.6 Å². The predicted molar refractivity (Wildman–Crippen MR) is 99.1 cm³/mol. The van der Waals surface area contributed by atoms with Crippen LogP contribution in [0.2, 0.25) is 0 Å². The van der Waals surface area contributed by atoms with Crippen molar-refractivity contribution in [2.24, 2.45) is 5.41 Å². The normalized spacial score (nSPS) is 11.4. The van der Waals surface area contributed by atoms with Gasteiger partial charge >= 0.3 is 0 Å². The minimum Gasteiger partial charge on any atom is -0.492 e. The largest absolute Gasteiger partial charge is 0.492 e. The molecule has 0 aliphatic rings. The monoisotopic (exact) mass is 367 g/mol. The lowest BCUT2D eigenvalue weighted by Crippen LogP contribution is -2.27. The summed E-state index contributed by atoms with van der Waals surface area (Å²) in [6, 6.07) is 8.36. The van der Waals surface area contributed by atoms with E-state index in [2.05, 4.69) is 15.3 Å². The highest BCUT2D eigenvalue weighted by Crippen LogP contribution is 2.23.